The first-order valence-electron chi connectivity index (χ1n) is 9.25. The van der Waals surface area contributed by atoms with Gasteiger partial charge in [0.1, 0.15) is 24.4 Å². The van der Waals surface area contributed by atoms with Crippen LogP contribution in [0, 0.1) is 0 Å². The highest BCUT2D eigenvalue weighted by Gasteiger charge is 2.44. The number of halogens is 1. The molecule has 0 saturated carbocycles. The van der Waals surface area contributed by atoms with E-state index in [4.69, 9.17) is 4.74 Å². The van der Waals surface area contributed by atoms with Gasteiger partial charge in [0.05, 0.1) is 17.5 Å². The fourth-order valence-electron chi connectivity index (χ4n) is 3.39. The Morgan fingerprint density at radius 1 is 1.07 bits per heavy atom. The Hall–Kier alpha value is -2.34. The number of aliphatic hydroxyl groups is 4. The maximum atomic E-state index is 13.3. The van der Waals surface area contributed by atoms with Gasteiger partial charge in [-0.3, -0.25) is 10.2 Å². The van der Waals surface area contributed by atoms with Crippen LogP contribution in [-0.2, 0) is 4.74 Å². The summed E-state index contributed by atoms with van der Waals surface area (Å²) >= 11 is 3.34. The van der Waals surface area contributed by atoms with Crippen molar-refractivity contribution in [3.05, 3.63) is 63.4 Å². The van der Waals surface area contributed by atoms with Crippen LogP contribution in [0.15, 0.2) is 57.8 Å². The molecule has 2 heterocycles. The third-order valence-electron chi connectivity index (χ3n) is 5.01. The molecule has 10 heteroatoms. The van der Waals surface area contributed by atoms with E-state index in [1.807, 2.05) is 6.07 Å². The molecule has 0 spiro atoms. The molecule has 0 bridgehead atoms. The van der Waals surface area contributed by atoms with Gasteiger partial charge < -0.3 is 25.2 Å². The first kappa shape index (κ1) is 20.9. The van der Waals surface area contributed by atoms with Gasteiger partial charge in [-0.25, -0.2) is 9.66 Å². The second-order valence-electron chi connectivity index (χ2n) is 6.98. The fraction of sp³-hybridized carbons (Fsp3) is 0.300. The molecule has 0 aliphatic carbocycles. The largest absolute Gasteiger partial charge is 0.394 e. The summed E-state index contributed by atoms with van der Waals surface area (Å²) < 4.78 is 7.33. The minimum absolute atomic E-state index is 0.271. The van der Waals surface area contributed by atoms with Crippen LogP contribution in [0.3, 0.4) is 0 Å². The molecular weight excluding hydrogens is 458 g/mol. The van der Waals surface area contributed by atoms with Gasteiger partial charge in [0, 0.05) is 10.0 Å². The smallest absolute Gasteiger partial charge is 0.280 e. The van der Waals surface area contributed by atoms with E-state index in [-0.39, 0.29) is 5.82 Å². The van der Waals surface area contributed by atoms with Crippen LogP contribution in [0.25, 0.3) is 22.3 Å². The summed E-state index contributed by atoms with van der Waals surface area (Å²) in [4.78, 5) is 17.9. The normalized spacial score (nSPS) is 26.6. The molecule has 5 N–H and O–H groups in total. The predicted octanol–water partition coefficient (Wildman–Crippen LogP) is 0.169. The average molecular weight is 478 g/mol. The summed E-state index contributed by atoms with van der Waals surface area (Å²) in [6.45, 7) is -0.577. The molecule has 3 aromatic rings. The highest BCUT2D eigenvalue weighted by molar-refractivity contribution is 9.10. The third kappa shape index (κ3) is 3.73. The molecule has 9 nitrogen and oxygen atoms in total. The minimum atomic E-state index is -1.58. The lowest BCUT2D eigenvalue weighted by Crippen LogP contribution is -2.62. The molecule has 30 heavy (non-hydrogen) atoms. The van der Waals surface area contributed by atoms with Gasteiger partial charge in [-0.2, -0.15) is 0 Å². The van der Waals surface area contributed by atoms with Crippen LogP contribution in [0.4, 0.5) is 0 Å². The summed E-state index contributed by atoms with van der Waals surface area (Å²) in [5, 5.41) is 40.2. The van der Waals surface area contributed by atoms with Crippen LogP contribution < -0.4 is 11.0 Å². The number of fused-ring (bicyclic) bond motifs is 1. The van der Waals surface area contributed by atoms with Crippen LogP contribution in [0.5, 0.6) is 0 Å². The molecule has 1 saturated heterocycles. The van der Waals surface area contributed by atoms with E-state index in [0.717, 1.165) is 4.68 Å². The molecular formula is C20H20BrN3O6. The van der Waals surface area contributed by atoms with E-state index in [1.165, 1.54) is 0 Å². The Kier molecular flexibility index (Phi) is 5.87. The van der Waals surface area contributed by atoms with Crippen molar-refractivity contribution < 1.29 is 25.2 Å². The van der Waals surface area contributed by atoms with Crippen molar-refractivity contribution in [3.8, 4) is 11.4 Å². The monoisotopic (exact) mass is 477 g/mol. The number of benzene rings is 2. The molecule has 1 aliphatic heterocycles. The second kappa shape index (κ2) is 8.42. The summed E-state index contributed by atoms with van der Waals surface area (Å²) in [7, 11) is 0. The number of aliphatic hydroxyl groups excluding tert-OH is 4. The van der Waals surface area contributed by atoms with Crippen molar-refractivity contribution in [2.24, 2.45) is 0 Å². The van der Waals surface area contributed by atoms with Gasteiger partial charge in [-0.15, -0.1) is 0 Å². The maximum absolute atomic E-state index is 13.3. The first-order chi connectivity index (χ1) is 14.4. The lowest BCUT2D eigenvalue weighted by Gasteiger charge is -2.40. The zero-order valence-electron chi connectivity index (χ0n) is 15.6. The van der Waals surface area contributed by atoms with Gasteiger partial charge in [0.2, 0.25) is 0 Å². The Balaban J connectivity index is 1.84. The Morgan fingerprint density at radius 2 is 1.80 bits per heavy atom. The van der Waals surface area contributed by atoms with Gasteiger partial charge >= 0.3 is 0 Å². The Labute approximate surface area is 179 Å². The van der Waals surface area contributed by atoms with E-state index >= 15 is 0 Å². The number of ether oxygens (including phenoxy) is 1. The highest BCUT2D eigenvalue weighted by Crippen LogP contribution is 2.23. The maximum Gasteiger partial charge on any atom is 0.280 e. The first-order valence-corrected chi connectivity index (χ1v) is 10.0. The fourth-order valence-corrected chi connectivity index (χ4v) is 3.75. The summed E-state index contributed by atoms with van der Waals surface area (Å²) in [5.41, 5.74) is 3.43. The van der Waals surface area contributed by atoms with E-state index in [0.29, 0.717) is 20.9 Å². The number of aromatic nitrogens is 2. The summed E-state index contributed by atoms with van der Waals surface area (Å²) in [5.74, 6) is 0.271. The topological polar surface area (TPSA) is 137 Å². The van der Waals surface area contributed by atoms with Crippen LogP contribution in [0.2, 0.25) is 0 Å². The second-order valence-corrected chi connectivity index (χ2v) is 7.90. The van der Waals surface area contributed by atoms with E-state index in [2.05, 4.69) is 26.3 Å². The highest BCUT2D eigenvalue weighted by atomic mass is 79.9. The van der Waals surface area contributed by atoms with Crippen molar-refractivity contribution in [1.82, 2.24) is 9.66 Å². The van der Waals surface area contributed by atoms with Crippen molar-refractivity contribution in [2.45, 2.75) is 30.6 Å². The number of nitrogens with one attached hydrogen (secondary N) is 1. The summed E-state index contributed by atoms with van der Waals surface area (Å²) in [6.07, 6.45) is -7.03. The lowest BCUT2D eigenvalue weighted by atomic mass is 9.99. The molecule has 0 amide bonds. The third-order valence-corrected chi connectivity index (χ3v) is 5.50. The number of nitrogens with zero attached hydrogens (tertiary/aromatic N) is 2. The molecule has 0 radical (unpaired) electrons. The van der Waals surface area contributed by atoms with E-state index < -0.39 is 42.8 Å². The van der Waals surface area contributed by atoms with Crippen molar-refractivity contribution in [1.29, 1.82) is 0 Å². The zero-order valence-corrected chi connectivity index (χ0v) is 17.2. The van der Waals surface area contributed by atoms with Gasteiger partial charge in [-0.1, -0.05) is 46.3 Å². The summed E-state index contributed by atoms with van der Waals surface area (Å²) in [6, 6.07) is 14.1. The van der Waals surface area contributed by atoms with E-state index in [1.54, 1.807) is 42.5 Å². The average Bonchev–Trinajstić information content (AvgIpc) is 2.76. The van der Waals surface area contributed by atoms with Gasteiger partial charge in [0.25, 0.3) is 5.56 Å². The molecule has 2 aromatic carbocycles. The van der Waals surface area contributed by atoms with Crippen LogP contribution in [0.1, 0.15) is 0 Å². The SMILES string of the molecule is O=c1c2cc(Br)ccc2nc(-c2ccccc2)n1N[C@@H]1O[C@H](CO)[C@@H](O)[C@H](O)[C@H]1O. The molecule has 1 aromatic heterocycles. The van der Waals surface area contributed by atoms with Crippen molar-refractivity contribution >= 4 is 26.8 Å². The number of rotatable bonds is 4. The van der Waals surface area contributed by atoms with Crippen molar-refractivity contribution in [3.63, 3.8) is 0 Å². The minimum Gasteiger partial charge on any atom is -0.394 e. The van der Waals surface area contributed by atoms with Gasteiger partial charge in [0.15, 0.2) is 12.1 Å². The molecule has 158 valence electrons. The Bertz CT molecular complexity index is 1110. The van der Waals surface area contributed by atoms with Crippen LogP contribution >= 0.6 is 15.9 Å². The Morgan fingerprint density at radius 3 is 2.50 bits per heavy atom. The van der Waals surface area contributed by atoms with Crippen molar-refractivity contribution in [2.75, 3.05) is 12.0 Å². The number of hydrogen-bond acceptors (Lipinski definition) is 8. The molecule has 5 atom stereocenters. The van der Waals surface area contributed by atoms with Gasteiger partial charge in [-0.05, 0) is 18.2 Å². The molecule has 1 fully saturated rings. The number of hydrogen-bond donors (Lipinski definition) is 5. The predicted molar refractivity (Wildman–Crippen MR) is 112 cm³/mol. The van der Waals surface area contributed by atoms with E-state index in [9.17, 15) is 25.2 Å². The lowest BCUT2D eigenvalue weighted by molar-refractivity contribution is -0.224. The molecule has 1 aliphatic rings. The standard InChI is InChI=1S/C20H20BrN3O6/c21-11-6-7-13-12(8-11)20(29)24(18(22-13)10-4-2-1-3-5-10)23-19-17(28)16(27)15(26)14(9-25)30-19/h1-8,14-17,19,23,25-28H,9H2/t14-,15-,16+,17-,19-/m1/s1. The van der Waals surface area contributed by atoms with Crippen LogP contribution in [-0.4, -0.2) is 67.3 Å². The molecule has 0 unspecified atom stereocenters. The quantitative estimate of drug-likeness (QED) is 0.358. The molecule has 4 rings (SSSR count). The zero-order chi connectivity index (χ0) is 21.4.